The summed E-state index contributed by atoms with van der Waals surface area (Å²) in [4.78, 5) is 20.8. The number of carbonyl (C=O) groups is 1. The average molecular weight is 362 g/mol. The van der Waals surface area contributed by atoms with Crippen molar-refractivity contribution in [1.82, 2.24) is 24.9 Å². The molecule has 0 unspecified atom stereocenters. The zero-order valence-electron chi connectivity index (χ0n) is 12.0. The summed E-state index contributed by atoms with van der Waals surface area (Å²) in [5.74, 6) is 0.0909. The Morgan fingerprint density at radius 3 is 2.41 bits per heavy atom. The van der Waals surface area contributed by atoms with Crippen LogP contribution in [0.2, 0.25) is 0 Å². The van der Waals surface area contributed by atoms with Crippen LogP contribution in [0.25, 0.3) is 0 Å². The molecular weight excluding hydrogens is 346 g/mol. The molecule has 22 heavy (non-hydrogen) atoms. The van der Waals surface area contributed by atoms with Crippen molar-refractivity contribution in [2.45, 2.75) is 43.8 Å². The molecule has 0 radical (unpaired) electrons. The third-order valence-electron chi connectivity index (χ3n) is 4.66. The molecule has 0 aromatic carbocycles. The molecular formula is C15H16BrN5O. The highest BCUT2D eigenvalue weighted by molar-refractivity contribution is 9.10. The number of halogens is 1. The third-order valence-corrected chi connectivity index (χ3v) is 5.09. The van der Waals surface area contributed by atoms with Gasteiger partial charge in [-0.15, -0.1) is 0 Å². The molecule has 2 fully saturated rings. The Morgan fingerprint density at radius 1 is 1.09 bits per heavy atom. The SMILES string of the molecule is O=C(c1cncc(Br)c1)N1[C@H]2CC[C@H]1CC(n1nccn1)C2. The fourth-order valence-electron chi connectivity index (χ4n) is 3.76. The highest BCUT2D eigenvalue weighted by atomic mass is 79.9. The molecule has 4 rings (SSSR count). The van der Waals surface area contributed by atoms with Gasteiger partial charge in [0.05, 0.1) is 24.0 Å². The second-order valence-electron chi connectivity index (χ2n) is 5.96. The van der Waals surface area contributed by atoms with Gasteiger partial charge in [-0.25, -0.2) is 0 Å². The molecule has 1 amide bonds. The van der Waals surface area contributed by atoms with E-state index in [0.717, 1.165) is 30.2 Å². The Bertz CT molecular complexity index is 675. The Hall–Kier alpha value is -1.76. The summed E-state index contributed by atoms with van der Waals surface area (Å²) in [6.07, 6.45) is 10.8. The lowest BCUT2D eigenvalue weighted by Gasteiger charge is -2.38. The van der Waals surface area contributed by atoms with Gasteiger partial charge in [0, 0.05) is 29.0 Å². The van der Waals surface area contributed by atoms with E-state index in [0.29, 0.717) is 11.6 Å². The summed E-state index contributed by atoms with van der Waals surface area (Å²) in [5.41, 5.74) is 0.655. The number of aromatic nitrogens is 4. The Kier molecular flexibility index (Phi) is 3.44. The average Bonchev–Trinajstić information content (AvgIpc) is 3.13. The van der Waals surface area contributed by atoms with Crippen molar-refractivity contribution in [3.05, 3.63) is 40.9 Å². The number of pyridine rings is 1. The molecule has 4 heterocycles. The van der Waals surface area contributed by atoms with Crippen molar-refractivity contribution in [2.24, 2.45) is 0 Å². The van der Waals surface area contributed by atoms with Crippen LogP contribution < -0.4 is 0 Å². The Morgan fingerprint density at radius 2 is 1.77 bits per heavy atom. The highest BCUT2D eigenvalue weighted by Crippen LogP contribution is 2.41. The molecule has 2 aromatic heterocycles. The lowest BCUT2D eigenvalue weighted by atomic mass is 9.97. The quantitative estimate of drug-likeness (QED) is 0.823. The van der Waals surface area contributed by atoms with Crippen LogP contribution in [0.5, 0.6) is 0 Å². The van der Waals surface area contributed by atoms with E-state index < -0.39 is 0 Å². The number of nitrogens with zero attached hydrogens (tertiary/aromatic N) is 5. The van der Waals surface area contributed by atoms with E-state index in [4.69, 9.17) is 0 Å². The van der Waals surface area contributed by atoms with E-state index in [1.165, 1.54) is 0 Å². The number of hydrogen-bond acceptors (Lipinski definition) is 4. The number of carbonyl (C=O) groups excluding carboxylic acids is 1. The van der Waals surface area contributed by atoms with Gasteiger partial charge in [0.2, 0.25) is 0 Å². The first-order valence-corrected chi connectivity index (χ1v) is 8.30. The van der Waals surface area contributed by atoms with Crippen LogP contribution in [0, 0.1) is 0 Å². The number of amides is 1. The zero-order valence-corrected chi connectivity index (χ0v) is 13.6. The van der Waals surface area contributed by atoms with Crippen LogP contribution >= 0.6 is 15.9 Å². The van der Waals surface area contributed by atoms with Gasteiger partial charge in [0.1, 0.15) is 0 Å². The number of fused-ring (bicyclic) bond motifs is 2. The number of hydrogen-bond donors (Lipinski definition) is 0. The maximum Gasteiger partial charge on any atom is 0.255 e. The predicted octanol–water partition coefficient (Wildman–Crippen LogP) is 2.44. The molecule has 2 aliphatic heterocycles. The summed E-state index contributed by atoms with van der Waals surface area (Å²) in [6, 6.07) is 2.70. The molecule has 0 saturated carbocycles. The zero-order chi connectivity index (χ0) is 15.1. The van der Waals surface area contributed by atoms with Crippen molar-refractivity contribution >= 4 is 21.8 Å². The van der Waals surface area contributed by atoms with Gasteiger partial charge >= 0.3 is 0 Å². The monoisotopic (exact) mass is 361 g/mol. The lowest BCUT2D eigenvalue weighted by molar-refractivity contribution is 0.0511. The molecule has 2 saturated heterocycles. The van der Waals surface area contributed by atoms with Gasteiger partial charge in [-0.1, -0.05) is 0 Å². The van der Waals surface area contributed by atoms with E-state index in [2.05, 4.69) is 36.0 Å². The van der Waals surface area contributed by atoms with Gasteiger partial charge in [-0.3, -0.25) is 9.78 Å². The molecule has 114 valence electrons. The van der Waals surface area contributed by atoms with Crippen molar-refractivity contribution < 1.29 is 4.79 Å². The maximum absolute atomic E-state index is 12.8. The smallest absolute Gasteiger partial charge is 0.255 e. The summed E-state index contributed by atoms with van der Waals surface area (Å²) in [6.45, 7) is 0. The first-order chi connectivity index (χ1) is 10.7. The number of rotatable bonds is 2. The van der Waals surface area contributed by atoms with Crippen molar-refractivity contribution in [2.75, 3.05) is 0 Å². The molecule has 2 bridgehead atoms. The van der Waals surface area contributed by atoms with Gasteiger partial charge in [-0.05, 0) is 47.7 Å². The normalized spacial score (nSPS) is 27.1. The van der Waals surface area contributed by atoms with E-state index in [1.54, 1.807) is 29.6 Å². The maximum atomic E-state index is 12.8. The molecule has 0 aliphatic carbocycles. The van der Waals surface area contributed by atoms with Crippen LogP contribution in [-0.2, 0) is 0 Å². The van der Waals surface area contributed by atoms with Crippen LogP contribution in [-0.4, -0.2) is 42.9 Å². The standard InChI is InChI=1S/C15H16BrN5O/c16-11-5-10(8-17-9-11)15(22)20-12-1-2-13(20)7-14(6-12)21-18-3-4-19-21/h3-5,8-9,12-14H,1-2,6-7H2/t12-,13-/m0/s1. The third kappa shape index (κ3) is 2.33. The first-order valence-electron chi connectivity index (χ1n) is 7.51. The van der Waals surface area contributed by atoms with Crippen LogP contribution in [0.15, 0.2) is 35.3 Å². The number of piperidine rings is 1. The fraction of sp³-hybridized carbons (Fsp3) is 0.467. The Balaban J connectivity index is 1.56. The molecule has 2 aliphatic rings. The van der Waals surface area contributed by atoms with Gasteiger partial charge < -0.3 is 4.90 Å². The van der Waals surface area contributed by atoms with Crippen LogP contribution in [0.4, 0.5) is 0 Å². The minimum atomic E-state index is 0.0909. The van der Waals surface area contributed by atoms with E-state index in [-0.39, 0.29) is 18.0 Å². The highest BCUT2D eigenvalue weighted by Gasteiger charge is 2.44. The largest absolute Gasteiger partial charge is 0.332 e. The minimum Gasteiger partial charge on any atom is -0.332 e. The minimum absolute atomic E-state index is 0.0909. The van der Waals surface area contributed by atoms with Crippen molar-refractivity contribution in [3.63, 3.8) is 0 Å². The van der Waals surface area contributed by atoms with E-state index in [9.17, 15) is 4.79 Å². The van der Waals surface area contributed by atoms with Gasteiger partial charge in [0.25, 0.3) is 5.91 Å². The summed E-state index contributed by atoms with van der Waals surface area (Å²) < 4.78 is 0.835. The summed E-state index contributed by atoms with van der Waals surface area (Å²) in [5, 5.41) is 8.52. The lowest BCUT2D eigenvalue weighted by Crippen LogP contribution is -2.47. The molecule has 6 nitrogen and oxygen atoms in total. The fourth-order valence-corrected chi connectivity index (χ4v) is 4.13. The molecule has 7 heteroatoms. The predicted molar refractivity (Wildman–Crippen MR) is 83.2 cm³/mol. The van der Waals surface area contributed by atoms with Crippen molar-refractivity contribution in [1.29, 1.82) is 0 Å². The molecule has 0 spiro atoms. The van der Waals surface area contributed by atoms with Gasteiger partial charge in [-0.2, -0.15) is 15.0 Å². The summed E-state index contributed by atoms with van der Waals surface area (Å²) in [7, 11) is 0. The Labute approximate surface area is 136 Å². The molecule has 2 atom stereocenters. The molecule has 2 aromatic rings. The second kappa shape index (κ2) is 5.46. The first kappa shape index (κ1) is 13.9. The second-order valence-corrected chi connectivity index (χ2v) is 6.88. The summed E-state index contributed by atoms with van der Waals surface area (Å²) >= 11 is 3.38. The molecule has 0 N–H and O–H groups in total. The topological polar surface area (TPSA) is 63.9 Å². The van der Waals surface area contributed by atoms with Crippen molar-refractivity contribution in [3.8, 4) is 0 Å². The van der Waals surface area contributed by atoms with E-state index >= 15 is 0 Å². The van der Waals surface area contributed by atoms with Gasteiger partial charge in [0.15, 0.2) is 0 Å². The van der Waals surface area contributed by atoms with Crippen LogP contribution in [0.3, 0.4) is 0 Å². The van der Waals surface area contributed by atoms with Crippen LogP contribution in [0.1, 0.15) is 42.1 Å². The van der Waals surface area contributed by atoms with E-state index in [1.807, 2.05) is 6.07 Å².